The van der Waals surface area contributed by atoms with Gasteiger partial charge in [0.2, 0.25) is 5.91 Å². The van der Waals surface area contributed by atoms with E-state index in [1.807, 2.05) is 0 Å². The standard InChI is InChI=1S/C16H22BrNO/c1-12-3-5-14(6-4-12)7-8-16(19)18-10-9-13(2)15(18)11-17/h3-6,13,15H,7-11H2,1-2H3. The fourth-order valence-electron chi connectivity index (χ4n) is 2.70. The third-order valence-electron chi connectivity index (χ3n) is 4.11. The second kappa shape index (κ2) is 6.56. The van der Waals surface area contributed by atoms with E-state index in [0.717, 1.165) is 24.7 Å². The van der Waals surface area contributed by atoms with E-state index in [1.54, 1.807) is 0 Å². The molecule has 19 heavy (non-hydrogen) atoms. The average Bonchev–Trinajstić information content (AvgIpc) is 2.79. The molecule has 0 aromatic heterocycles. The third-order valence-corrected chi connectivity index (χ3v) is 4.77. The van der Waals surface area contributed by atoms with Crippen molar-refractivity contribution in [2.75, 3.05) is 11.9 Å². The normalized spacial score (nSPS) is 22.8. The zero-order chi connectivity index (χ0) is 13.8. The molecule has 3 heteroatoms. The fraction of sp³-hybridized carbons (Fsp3) is 0.562. The zero-order valence-electron chi connectivity index (χ0n) is 11.7. The summed E-state index contributed by atoms with van der Waals surface area (Å²) >= 11 is 3.54. The summed E-state index contributed by atoms with van der Waals surface area (Å²) in [6, 6.07) is 8.84. The van der Waals surface area contributed by atoms with E-state index in [4.69, 9.17) is 0 Å². The van der Waals surface area contributed by atoms with Crippen molar-refractivity contribution in [3.63, 3.8) is 0 Å². The lowest BCUT2D eigenvalue weighted by Crippen LogP contribution is -2.38. The second-order valence-corrected chi connectivity index (χ2v) is 6.21. The van der Waals surface area contributed by atoms with Crippen molar-refractivity contribution in [2.45, 2.75) is 39.2 Å². The summed E-state index contributed by atoms with van der Waals surface area (Å²) in [5.41, 5.74) is 2.52. The van der Waals surface area contributed by atoms with E-state index < -0.39 is 0 Å². The van der Waals surface area contributed by atoms with Crippen LogP contribution in [0.3, 0.4) is 0 Å². The summed E-state index contributed by atoms with van der Waals surface area (Å²) in [5, 5.41) is 0.893. The van der Waals surface area contributed by atoms with E-state index in [0.29, 0.717) is 24.3 Å². The molecule has 0 saturated carbocycles. The van der Waals surface area contributed by atoms with E-state index in [-0.39, 0.29) is 0 Å². The Labute approximate surface area is 124 Å². The van der Waals surface area contributed by atoms with Crippen LogP contribution in [-0.4, -0.2) is 28.7 Å². The first kappa shape index (κ1) is 14.6. The molecule has 0 radical (unpaired) electrons. The third kappa shape index (κ3) is 3.59. The molecule has 1 saturated heterocycles. The van der Waals surface area contributed by atoms with Crippen LogP contribution in [0.25, 0.3) is 0 Å². The molecule has 0 N–H and O–H groups in total. The van der Waals surface area contributed by atoms with Gasteiger partial charge in [-0.3, -0.25) is 4.79 Å². The van der Waals surface area contributed by atoms with E-state index in [2.05, 4.69) is 58.9 Å². The number of amides is 1. The van der Waals surface area contributed by atoms with Crippen LogP contribution in [0.1, 0.15) is 30.9 Å². The molecule has 2 rings (SSSR count). The molecule has 104 valence electrons. The molecule has 1 aromatic rings. The summed E-state index contributed by atoms with van der Waals surface area (Å²) in [4.78, 5) is 14.4. The van der Waals surface area contributed by atoms with Gasteiger partial charge in [0.15, 0.2) is 0 Å². The van der Waals surface area contributed by atoms with Crippen molar-refractivity contribution in [1.82, 2.24) is 4.90 Å². The summed E-state index contributed by atoms with van der Waals surface area (Å²) in [6.07, 6.45) is 2.60. The van der Waals surface area contributed by atoms with Crippen LogP contribution in [0.5, 0.6) is 0 Å². The van der Waals surface area contributed by atoms with Gasteiger partial charge in [-0.05, 0) is 31.2 Å². The van der Waals surface area contributed by atoms with Crippen molar-refractivity contribution >= 4 is 21.8 Å². The second-order valence-electron chi connectivity index (χ2n) is 5.56. The van der Waals surface area contributed by atoms with Crippen molar-refractivity contribution in [1.29, 1.82) is 0 Å². The Morgan fingerprint density at radius 1 is 1.37 bits per heavy atom. The Hall–Kier alpha value is -0.830. The smallest absolute Gasteiger partial charge is 0.223 e. The van der Waals surface area contributed by atoms with E-state index in [9.17, 15) is 4.79 Å². The van der Waals surface area contributed by atoms with Gasteiger partial charge in [0.25, 0.3) is 0 Å². The van der Waals surface area contributed by atoms with Crippen LogP contribution in [0.15, 0.2) is 24.3 Å². The minimum atomic E-state index is 0.300. The molecule has 1 aliphatic rings. The number of hydrogen-bond acceptors (Lipinski definition) is 1. The number of halogens is 1. The number of rotatable bonds is 4. The Kier molecular flexibility index (Phi) is 5.03. The highest BCUT2D eigenvalue weighted by Gasteiger charge is 2.32. The van der Waals surface area contributed by atoms with Gasteiger partial charge >= 0.3 is 0 Å². The topological polar surface area (TPSA) is 20.3 Å². The molecule has 1 amide bonds. The summed E-state index contributed by atoms with van der Waals surface area (Å²) in [7, 11) is 0. The molecule has 0 spiro atoms. The quantitative estimate of drug-likeness (QED) is 0.776. The molecule has 1 heterocycles. The molecule has 0 aliphatic carbocycles. The summed E-state index contributed by atoms with van der Waals surface area (Å²) in [6.45, 7) is 5.24. The Morgan fingerprint density at radius 3 is 2.68 bits per heavy atom. The maximum Gasteiger partial charge on any atom is 0.223 e. The lowest BCUT2D eigenvalue weighted by atomic mass is 10.0. The van der Waals surface area contributed by atoms with Gasteiger partial charge in [-0.25, -0.2) is 0 Å². The predicted molar refractivity (Wildman–Crippen MR) is 82.6 cm³/mol. The fourth-order valence-corrected chi connectivity index (χ4v) is 3.69. The first-order chi connectivity index (χ1) is 9.11. The molecule has 2 unspecified atom stereocenters. The highest BCUT2D eigenvalue weighted by atomic mass is 79.9. The molecular weight excluding hydrogens is 302 g/mol. The number of aryl methyl sites for hydroxylation is 2. The molecule has 0 bridgehead atoms. The number of likely N-dealkylation sites (tertiary alicyclic amines) is 1. The Morgan fingerprint density at radius 2 is 2.05 bits per heavy atom. The molecular formula is C16H22BrNO. The predicted octanol–water partition coefficient (Wildman–Crippen LogP) is 3.56. The van der Waals surface area contributed by atoms with E-state index >= 15 is 0 Å². The van der Waals surface area contributed by atoms with Gasteiger partial charge < -0.3 is 4.90 Å². The number of carbonyl (C=O) groups is 1. The Bertz CT molecular complexity index is 429. The molecule has 2 atom stereocenters. The van der Waals surface area contributed by atoms with Gasteiger partial charge in [-0.15, -0.1) is 0 Å². The van der Waals surface area contributed by atoms with Crippen molar-refractivity contribution < 1.29 is 4.79 Å². The average molecular weight is 324 g/mol. The van der Waals surface area contributed by atoms with Gasteiger partial charge in [0.05, 0.1) is 0 Å². The van der Waals surface area contributed by atoms with Crippen molar-refractivity contribution in [2.24, 2.45) is 5.92 Å². The number of carbonyl (C=O) groups excluding carboxylic acids is 1. The number of hydrogen-bond donors (Lipinski definition) is 0. The van der Waals surface area contributed by atoms with Crippen LogP contribution < -0.4 is 0 Å². The lowest BCUT2D eigenvalue weighted by molar-refractivity contribution is -0.131. The minimum Gasteiger partial charge on any atom is -0.339 e. The molecule has 2 nitrogen and oxygen atoms in total. The van der Waals surface area contributed by atoms with Gasteiger partial charge in [-0.1, -0.05) is 52.7 Å². The Balaban J connectivity index is 1.89. The number of benzene rings is 1. The zero-order valence-corrected chi connectivity index (χ0v) is 13.3. The maximum atomic E-state index is 12.3. The highest BCUT2D eigenvalue weighted by molar-refractivity contribution is 9.09. The largest absolute Gasteiger partial charge is 0.339 e. The van der Waals surface area contributed by atoms with Crippen LogP contribution in [0.4, 0.5) is 0 Å². The van der Waals surface area contributed by atoms with Crippen molar-refractivity contribution in [3.8, 4) is 0 Å². The minimum absolute atomic E-state index is 0.300. The SMILES string of the molecule is Cc1ccc(CCC(=O)N2CCC(C)C2CBr)cc1. The van der Waals surface area contributed by atoms with E-state index in [1.165, 1.54) is 11.1 Å². The summed E-state index contributed by atoms with van der Waals surface area (Å²) in [5.74, 6) is 0.914. The first-order valence-electron chi connectivity index (χ1n) is 7.03. The number of alkyl halides is 1. The first-order valence-corrected chi connectivity index (χ1v) is 8.15. The molecule has 1 aliphatic heterocycles. The number of nitrogens with zero attached hydrogens (tertiary/aromatic N) is 1. The van der Waals surface area contributed by atoms with Crippen LogP contribution in [0, 0.1) is 12.8 Å². The summed E-state index contributed by atoms with van der Waals surface area (Å²) < 4.78 is 0. The van der Waals surface area contributed by atoms with Crippen LogP contribution in [-0.2, 0) is 11.2 Å². The van der Waals surface area contributed by atoms with Crippen LogP contribution in [0.2, 0.25) is 0 Å². The van der Waals surface area contributed by atoms with Crippen molar-refractivity contribution in [3.05, 3.63) is 35.4 Å². The van der Waals surface area contributed by atoms with Gasteiger partial charge in [0, 0.05) is 24.3 Å². The highest BCUT2D eigenvalue weighted by Crippen LogP contribution is 2.26. The van der Waals surface area contributed by atoms with Gasteiger partial charge in [0.1, 0.15) is 0 Å². The lowest BCUT2D eigenvalue weighted by Gasteiger charge is -2.25. The monoisotopic (exact) mass is 323 g/mol. The van der Waals surface area contributed by atoms with Gasteiger partial charge in [-0.2, -0.15) is 0 Å². The molecule has 1 aromatic carbocycles. The van der Waals surface area contributed by atoms with Crippen LogP contribution >= 0.6 is 15.9 Å². The molecule has 1 fully saturated rings. The maximum absolute atomic E-state index is 12.3.